The predicted molar refractivity (Wildman–Crippen MR) is 102 cm³/mol. The van der Waals surface area contributed by atoms with Crippen LogP contribution in [0.15, 0.2) is 46.9 Å². The first-order chi connectivity index (χ1) is 11.1. The molecule has 0 atom stereocenters. The molecule has 0 heterocycles. The summed E-state index contributed by atoms with van der Waals surface area (Å²) in [4.78, 5) is 11.8. The summed E-state index contributed by atoms with van der Waals surface area (Å²) in [5, 5.41) is 2.86. The molecule has 0 aliphatic carbocycles. The van der Waals surface area contributed by atoms with Gasteiger partial charge in [0.05, 0.1) is 0 Å². The van der Waals surface area contributed by atoms with E-state index in [0.717, 1.165) is 10.0 Å². The van der Waals surface area contributed by atoms with Gasteiger partial charge < -0.3 is 11.1 Å². The molecule has 0 aliphatic rings. The highest BCUT2D eigenvalue weighted by molar-refractivity contribution is 9.10. The number of halogens is 3. The van der Waals surface area contributed by atoms with Gasteiger partial charge in [0, 0.05) is 23.1 Å². The summed E-state index contributed by atoms with van der Waals surface area (Å²) < 4.78 is 14.4. The van der Waals surface area contributed by atoms with Gasteiger partial charge in [-0.2, -0.15) is 0 Å². The van der Waals surface area contributed by atoms with E-state index >= 15 is 0 Å². The molecule has 3 nitrogen and oxygen atoms in total. The minimum Gasteiger partial charge on any atom is -0.399 e. The number of benzene rings is 2. The largest absolute Gasteiger partial charge is 0.399 e. The number of carbonyl (C=O) groups excluding carboxylic acids is 1. The number of nitrogens with two attached hydrogens (primary N) is 1. The van der Waals surface area contributed by atoms with Crippen LogP contribution in [0.5, 0.6) is 0 Å². The number of rotatable bonds is 7. The Morgan fingerprint density at radius 3 is 2.58 bits per heavy atom. The lowest BCUT2D eigenvalue weighted by molar-refractivity contribution is -0.121. The smallest absolute Gasteiger partial charge is 0.220 e. The van der Waals surface area contributed by atoms with Crippen LogP contribution in [0, 0.1) is 5.82 Å². The molecule has 0 fully saturated rings. The number of nitrogen functional groups attached to an aromatic ring is 1. The van der Waals surface area contributed by atoms with Crippen LogP contribution in [0.4, 0.5) is 10.1 Å². The Morgan fingerprint density at radius 1 is 1.12 bits per heavy atom. The summed E-state index contributed by atoms with van der Waals surface area (Å²) in [5.74, 6) is -0.227. The fourth-order valence-electron chi connectivity index (χ4n) is 2.33. The van der Waals surface area contributed by atoms with Crippen molar-refractivity contribution in [2.24, 2.45) is 0 Å². The van der Waals surface area contributed by atoms with Crippen LogP contribution in [-0.2, 0) is 17.6 Å². The molecule has 0 spiro atoms. The Morgan fingerprint density at radius 2 is 1.88 bits per heavy atom. The van der Waals surface area contributed by atoms with E-state index in [4.69, 9.17) is 5.73 Å². The van der Waals surface area contributed by atoms with E-state index in [-0.39, 0.29) is 24.1 Å². The topological polar surface area (TPSA) is 55.1 Å². The van der Waals surface area contributed by atoms with Crippen LogP contribution >= 0.6 is 28.3 Å². The normalized spacial score (nSPS) is 10.1. The van der Waals surface area contributed by atoms with Gasteiger partial charge in [-0.15, -0.1) is 12.4 Å². The van der Waals surface area contributed by atoms with Crippen molar-refractivity contribution in [3.05, 3.63) is 63.9 Å². The van der Waals surface area contributed by atoms with Gasteiger partial charge in [-0.3, -0.25) is 4.79 Å². The van der Waals surface area contributed by atoms with Crippen molar-refractivity contribution in [2.45, 2.75) is 25.7 Å². The standard InChI is InChI=1S/C18H20BrFN2O.ClH/c19-15-9-7-13(16(20)12-15)5-3-11-22-18(23)10-8-14-4-1-2-6-17(14)21;/h1-2,4,6-7,9,12H,3,5,8,10-11,21H2,(H,22,23);1H. The second-order valence-electron chi connectivity index (χ2n) is 5.39. The minimum atomic E-state index is -0.217. The molecule has 0 aliphatic heterocycles. The minimum absolute atomic E-state index is 0. The molecule has 6 heteroatoms. The molecule has 0 unspecified atom stereocenters. The number of carbonyl (C=O) groups is 1. The fourth-order valence-corrected chi connectivity index (χ4v) is 2.66. The van der Waals surface area contributed by atoms with Crippen LogP contribution < -0.4 is 11.1 Å². The Balaban J connectivity index is 0.00000288. The third-order valence-electron chi connectivity index (χ3n) is 3.64. The third kappa shape index (κ3) is 6.49. The maximum Gasteiger partial charge on any atom is 0.220 e. The molecule has 2 aromatic carbocycles. The lowest BCUT2D eigenvalue weighted by Crippen LogP contribution is -2.25. The molecular weight excluding hydrogens is 395 g/mol. The van der Waals surface area contributed by atoms with Crippen molar-refractivity contribution in [1.82, 2.24) is 5.32 Å². The molecule has 24 heavy (non-hydrogen) atoms. The zero-order valence-corrected chi connectivity index (χ0v) is 15.6. The van der Waals surface area contributed by atoms with E-state index in [1.54, 1.807) is 6.07 Å². The molecule has 130 valence electrons. The lowest BCUT2D eigenvalue weighted by Gasteiger charge is -2.07. The fraction of sp³-hybridized carbons (Fsp3) is 0.278. The van der Waals surface area contributed by atoms with Crippen LogP contribution in [0.3, 0.4) is 0 Å². The summed E-state index contributed by atoms with van der Waals surface area (Å²) in [6.45, 7) is 0.540. The molecule has 1 amide bonds. The molecule has 0 bridgehead atoms. The van der Waals surface area contributed by atoms with Gasteiger partial charge in [0.1, 0.15) is 5.82 Å². The Kier molecular flexibility index (Phi) is 8.79. The van der Waals surface area contributed by atoms with Crippen molar-refractivity contribution >= 4 is 39.9 Å². The summed E-state index contributed by atoms with van der Waals surface area (Å²) >= 11 is 3.23. The van der Waals surface area contributed by atoms with Gasteiger partial charge in [0.15, 0.2) is 0 Å². The number of nitrogens with one attached hydrogen (secondary N) is 1. The van der Waals surface area contributed by atoms with Crippen LogP contribution in [0.25, 0.3) is 0 Å². The monoisotopic (exact) mass is 414 g/mol. The number of aryl methyl sites for hydroxylation is 2. The first kappa shape index (κ1) is 20.5. The first-order valence-electron chi connectivity index (χ1n) is 7.60. The summed E-state index contributed by atoms with van der Waals surface area (Å²) in [6.07, 6.45) is 2.34. The summed E-state index contributed by atoms with van der Waals surface area (Å²) in [6, 6.07) is 12.6. The average Bonchev–Trinajstić information content (AvgIpc) is 2.52. The lowest BCUT2D eigenvalue weighted by atomic mass is 10.1. The van der Waals surface area contributed by atoms with E-state index in [2.05, 4.69) is 21.2 Å². The molecule has 0 aromatic heterocycles. The van der Waals surface area contributed by atoms with Gasteiger partial charge in [0.25, 0.3) is 0 Å². The number of hydrogen-bond acceptors (Lipinski definition) is 2. The van der Waals surface area contributed by atoms with Gasteiger partial charge in [-0.05, 0) is 48.6 Å². The molecular formula is C18H21BrClFN2O. The predicted octanol–water partition coefficient (Wildman–Crippen LogP) is 4.27. The van der Waals surface area contributed by atoms with E-state index in [1.807, 2.05) is 30.3 Å². The molecule has 0 saturated heterocycles. The van der Waals surface area contributed by atoms with E-state index in [1.165, 1.54) is 6.07 Å². The maximum atomic E-state index is 13.7. The molecule has 0 saturated carbocycles. The molecule has 2 rings (SSSR count). The van der Waals surface area contributed by atoms with Gasteiger partial charge in [-0.1, -0.05) is 40.2 Å². The van der Waals surface area contributed by atoms with E-state index in [0.29, 0.717) is 43.5 Å². The quantitative estimate of drug-likeness (QED) is 0.524. The summed E-state index contributed by atoms with van der Waals surface area (Å²) in [5.41, 5.74) is 8.21. The highest BCUT2D eigenvalue weighted by atomic mass is 79.9. The van der Waals surface area contributed by atoms with Crippen molar-refractivity contribution < 1.29 is 9.18 Å². The average molecular weight is 416 g/mol. The Bertz CT molecular complexity index is 682. The zero-order valence-electron chi connectivity index (χ0n) is 13.2. The van der Waals surface area contributed by atoms with Crippen molar-refractivity contribution in [1.29, 1.82) is 0 Å². The van der Waals surface area contributed by atoms with Gasteiger partial charge in [0.2, 0.25) is 5.91 Å². The maximum absolute atomic E-state index is 13.7. The SMILES string of the molecule is Cl.Nc1ccccc1CCC(=O)NCCCc1ccc(Br)cc1F. The van der Waals surface area contributed by atoms with Crippen molar-refractivity contribution in [2.75, 3.05) is 12.3 Å². The Hall–Kier alpha value is -1.59. The number of amides is 1. The number of hydrogen-bond donors (Lipinski definition) is 2. The van der Waals surface area contributed by atoms with Crippen molar-refractivity contribution in [3.63, 3.8) is 0 Å². The highest BCUT2D eigenvalue weighted by Crippen LogP contribution is 2.16. The van der Waals surface area contributed by atoms with E-state index < -0.39 is 0 Å². The molecule has 0 radical (unpaired) electrons. The zero-order chi connectivity index (χ0) is 16.7. The molecule has 3 N–H and O–H groups in total. The number of anilines is 1. The van der Waals surface area contributed by atoms with Gasteiger partial charge in [-0.25, -0.2) is 4.39 Å². The van der Waals surface area contributed by atoms with Crippen LogP contribution in [0.1, 0.15) is 24.0 Å². The van der Waals surface area contributed by atoms with Crippen molar-refractivity contribution in [3.8, 4) is 0 Å². The van der Waals surface area contributed by atoms with Crippen LogP contribution in [0.2, 0.25) is 0 Å². The van der Waals surface area contributed by atoms with E-state index in [9.17, 15) is 9.18 Å². The first-order valence-corrected chi connectivity index (χ1v) is 8.39. The molecule has 2 aromatic rings. The van der Waals surface area contributed by atoms with Crippen LogP contribution in [-0.4, -0.2) is 12.5 Å². The second-order valence-corrected chi connectivity index (χ2v) is 6.30. The summed E-state index contributed by atoms with van der Waals surface area (Å²) in [7, 11) is 0. The third-order valence-corrected chi connectivity index (χ3v) is 4.13. The second kappa shape index (κ2) is 10.3. The Labute approximate surface area is 156 Å². The van der Waals surface area contributed by atoms with Gasteiger partial charge >= 0.3 is 0 Å². The number of para-hydroxylation sites is 1. The highest BCUT2D eigenvalue weighted by Gasteiger charge is 2.05.